The highest BCUT2D eigenvalue weighted by Crippen LogP contribution is 2.46. The predicted molar refractivity (Wildman–Crippen MR) is 176 cm³/mol. The minimum atomic E-state index is -0.314. The number of hydrogen-bond donors (Lipinski definition) is 2. The Morgan fingerprint density at radius 2 is 1.80 bits per heavy atom. The summed E-state index contributed by atoms with van der Waals surface area (Å²) in [4.78, 5) is 36.7. The monoisotopic (exact) mass is 609 g/mol. The van der Waals surface area contributed by atoms with Crippen LogP contribution in [-0.2, 0) is 0 Å². The molecule has 2 atom stereocenters. The van der Waals surface area contributed by atoms with Crippen molar-refractivity contribution in [2.24, 2.45) is 0 Å². The number of carbonyl (C=O) groups excluding carboxylic acids is 2. The fourth-order valence-corrected chi connectivity index (χ4v) is 6.70. The summed E-state index contributed by atoms with van der Waals surface area (Å²) in [7, 11) is 4.12. The minimum Gasteiger partial charge on any atom is -0.457 e. The lowest BCUT2D eigenvalue weighted by Gasteiger charge is -2.36. The van der Waals surface area contributed by atoms with Gasteiger partial charge in [-0.25, -0.2) is 9.78 Å². The molecule has 0 unspecified atom stereocenters. The standard InChI is InChI=1S/C30H31N5O3S.2H2S/c1-18-17-20(38-19-9-5-4-6-10-19)13-14-22(18)35-24-15-16-31-29-25(24)26(33-30(35)37)27(39-29)28(36)32-21-11-7-8-12-23(21)34(2)3;;/h4-6,9-10,13-17,21,23H,7-8,11-12H2,1-3H3,(H,32,36)(H,33,37);2*1H2/t21-,23-;;/m0../s1. The van der Waals surface area contributed by atoms with E-state index in [9.17, 15) is 9.59 Å². The molecule has 8 nitrogen and oxygen atoms in total. The van der Waals surface area contributed by atoms with Crippen LogP contribution in [-0.4, -0.2) is 48.0 Å². The van der Waals surface area contributed by atoms with Crippen molar-refractivity contribution in [3.05, 3.63) is 71.2 Å². The van der Waals surface area contributed by atoms with Gasteiger partial charge < -0.3 is 20.3 Å². The molecule has 0 radical (unpaired) electrons. The lowest BCUT2D eigenvalue weighted by Crippen LogP contribution is -2.51. The number of rotatable bonds is 6. The molecular weight excluding hydrogens is 575 g/mol. The fourth-order valence-electron chi connectivity index (χ4n) is 5.68. The van der Waals surface area contributed by atoms with E-state index < -0.39 is 0 Å². The maximum Gasteiger partial charge on any atom is 0.331 e. The molecule has 2 aliphatic rings. The van der Waals surface area contributed by atoms with Gasteiger partial charge in [0.15, 0.2) is 0 Å². The quantitative estimate of drug-likeness (QED) is 0.248. The van der Waals surface area contributed by atoms with Crippen LogP contribution in [0.3, 0.4) is 0 Å². The van der Waals surface area contributed by atoms with Gasteiger partial charge >= 0.3 is 6.03 Å². The summed E-state index contributed by atoms with van der Waals surface area (Å²) in [6.07, 6.45) is 5.96. The Morgan fingerprint density at radius 1 is 1.05 bits per heavy atom. The first-order valence-corrected chi connectivity index (χ1v) is 14.1. The normalized spacial score (nSPS) is 17.9. The molecule has 6 rings (SSSR count). The molecule has 2 N–H and O–H groups in total. The predicted octanol–water partition coefficient (Wildman–Crippen LogP) is 6.91. The molecule has 0 bridgehead atoms. The SMILES string of the molecule is Cc1cc(Oc2ccccc2)ccc1N1C(=O)Nc2c(C(=O)N[C@H]3CCCC[C@@H]3N(C)C)sc3nccc1c23.S.S. The molecule has 2 aromatic carbocycles. The molecule has 1 fully saturated rings. The van der Waals surface area contributed by atoms with Crippen LogP contribution < -0.4 is 20.3 Å². The highest BCUT2D eigenvalue weighted by Gasteiger charge is 2.35. The van der Waals surface area contributed by atoms with E-state index in [4.69, 9.17) is 4.74 Å². The van der Waals surface area contributed by atoms with E-state index in [-0.39, 0.29) is 45.0 Å². The molecule has 2 aromatic heterocycles. The number of hydrogen-bond acceptors (Lipinski definition) is 6. The van der Waals surface area contributed by atoms with Gasteiger partial charge in [-0.2, -0.15) is 27.0 Å². The molecule has 1 aliphatic heterocycles. The molecule has 0 spiro atoms. The van der Waals surface area contributed by atoms with Gasteiger partial charge in [-0.1, -0.05) is 31.0 Å². The van der Waals surface area contributed by atoms with Crippen molar-refractivity contribution in [3.8, 4) is 11.5 Å². The zero-order valence-corrected chi connectivity index (χ0v) is 26.0. The average Bonchev–Trinajstić information content (AvgIpc) is 3.30. The fraction of sp³-hybridized carbons (Fsp3) is 0.300. The van der Waals surface area contributed by atoms with Crippen LogP contribution in [0.15, 0.2) is 60.8 Å². The van der Waals surface area contributed by atoms with E-state index in [1.165, 1.54) is 17.8 Å². The van der Waals surface area contributed by atoms with Crippen molar-refractivity contribution in [2.75, 3.05) is 24.3 Å². The maximum absolute atomic E-state index is 13.6. The summed E-state index contributed by atoms with van der Waals surface area (Å²) in [6, 6.07) is 17.1. The number of nitrogens with zero attached hydrogens (tertiary/aromatic N) is 3. The number of para-hydroxylation sites is 1. The highest BCUT2D eigenvalue weighted by molar-refractivity contribution is 7.59. The lowest BCUT2D eigenvalue weighted by atomic mass is 9.89. The second kappa shape index (κ2) is 12.7. The van der Waals surface area contributed by atoms with Crippen LogP contribution in [0.5, 0.6) is 11.5 Å². The molecule has 1 saturated carbocycles. The van der Waals surface area contributed by atoms with Crippen molar-refractivity contribution in [1.82, 2.24) is 15.2 Å². The number of aromatic nitrogens is 1. The third-order valence-electron chi connectivity index (χ3n) is 7.55. The number of ether oxygens (including phenoxy) is 1. The molecule has 0 saturated heterocycles. The molecule has 216 valence electrons. The van der Waals surface area contributed by atoms with E-state index in [0.29, 0.717) is 32.9 Å². The van der Waals surface area contributed by atoms with Crippen molar-refractivity contribution < 1.29 is 14.3 Å². The van der Waals surface area contributed by atoms with Crippen LogP contribution in [0.2, 0.25) is 0 Å². The summed E-state index contributed by atoms with van der Waals surface area (Å²) in [5, 5.41) is 7.05. The highest BCUT2D eigenvalue weighted by atomic mass is 32.1. The number of thiophene rings is 1. The van der Waals surface area contributed by atoms with Crippen molar-refractivity contribution in [2.45, 2.75) is 44.7 Å². The van der Waals surface area contributed by atoms with Crippen LogP contribution in [0.1, 0.15) is 40.9 Å². The Hall–Kier alpha value is -3.25. The number of amides is 3. The maximum atomic E-state index is 13.6. The van der Waals surface area contributed by atoms with Crippen molar-refractivity contribution in [1.29, 1.82) is 0 Å². The molecule has 41 heavy (non-hydrogen) atoms. The van der Waals surface area contributed by atoms with Crippen molar-refractivity contribution >= 4 is 77.5 Å². The Balaban J connectivity index is 0.00000194. The molecular formula is C30H35N5O3S3. The second-order valence-electron chi connectivity index (χ2n) is 10.3. The van der Waals surface area contributed by atoms with E-state index in [2.05, 4.69) is 34.6 Å². The third kappa shape index (κ3) is 5.90. The smallest absolute Gasteiger partial charge is 0.331 e. The van der Waals surface area contributed by atoms with Gasteiger partial charge in [-0.05, 0) is 75.8 Å². The first-order valence-electron chi connectivity index (χ1n) is 13.2. The zero-order chi connectivity index (χ0) is 27.1. The number of anilines is 3. The van der Waals surface area contributed by atoms with E-state index in [1.54, 1.807) is 11.1 Å². The van der Waals surface area contributed by atoms with Crippen LogP contribution in [0.25, 0.3) is 10.2 Å². The summed E-state index contributed by atoms with van der Waals surface area (Å²) < 4.78 is 5.98. The third-order valence-corrected chi connectivity index (χ3v) is 8.65. The number of likely N-dealkylation sites (N-methyl/N-ethyl adjacent to an activating group) is 1. The number of benzene rings is 2. The molecule has 3 heterocycles. The van der Waals surface area contributed by atoms with Gasteiger partial charge in [-0.15, -0.1) is 11.3 Å². The number of nitrogens with one attached hydrogen (secondary N) is 2. The van der Waals surface area contributed by atoms with E-state index >= 15 is 0 Å². The van der Waals surface area contributed by atoms with Gasteiger partial charge in [0.1, 0.15) is 21.2 Å². The van der Waals surface area contributed by atoms with Gasteiger partial charge in [0.2, 0.25) is 0 Å². The lowest BCUT2D eigenvalue weighted by molar-refractivity contribution is 0.0888. The number of urea groups is 1. The van der Waals surface area contributed by atoms with Crippen molar-refractivity contribution in [3.63, 3.8) is 0 Å². The summed E-state index contributed by atoms with van der Waals surface area (Å²) in [5.41, 5.74) is 2.86. The Labute approximate surface area is 258 Å². The summed E-state index contributed by atoms with van der Waals surface area (Å²) >= 11 is 1.32. The number of pyridine rings is 1. The first-order chi connectivity index (χ1) is 18.9. The van der Waals surface area contributed by atoms with E-state index in [0.717, 1.165) is 41.6 Å². The molecule has 11 heteroatoms. The van der Waals surface area contributed by atoms with Crippen LogP contribution in [0.4, 0.5) is 21.9 Å². The Kier molecular flexibility index (Phi) is 9.53. The van der Waals surface area contributed by atoms with Gasteiger partial charge in [0.05, 0.1) is 22.4 Å². The molecule has 4 aromatic rings. The first kappa shape index (κ1) is 30.7. The molecule has 3 amide bonds. The Morgan fingerprint density at radius 3 is 2.54 bits per heavy atom. The Bertz CT molecular complexity index is 1560. The summed E-state index contributed by atoms with van der Waals surface area (Å²) in [6.45, 7) is 1.95. The number of carbonyl (C=O) groups is 2. The topological polar surface area (TPSA) is 86.8 Å². The van der Waals surface area contributed by atoms with Gasteiger partial charge in [0.25, 0.3) is 5.91 Å². The largest absolute Gasteiger partial charge is 0.457 e. The zero-order valence-electron chi connectivity index (χ0n) is 23.2. The van der Waals surface area contributed by atoms with Gasteiger partial charge in [-0.3, -0.25) is 9.69 Å². The summed E-state index contributed by atoms with van der Waals surface area (Å²) in [5.74, 6) is 1.27. The van der Waals surface area contributed by atoms with Crippen LogP contribution in [0, 0.1) is 6.92 Å². The minimum absolute atomic E-state index is 0. The van der Waals surface area contributed by atoms with Crippen LogP contribution >= 0.6 is 38.3 Å². The van der Waals surface area contributed by atoms with Gasteiger partial charge in [0, 0.05) is 18.3 Å². The number of aryl methyl sites for hydroxylation is 1. The van der Waals surface area contributed by atoms with E-state index in [1.807, 2.05) is 61.5 Å². The average molecular weight is 610 g/mol. The second-order valence-corrected chi connectivity index (χ2v) is 11.3. The molecule has 1 aliphatic carbocycles.